The van der Waals surface area contributed by atoms with Crippen LogP contribution < -0.4 is 5.32 Å². The van der Waals surface area contributed by atoms with E-state index in [0.29, 0.717) is 5.69 Å². The molecule has 1 aromatic rings. The highest BCUT2D eigenvalue weighted by Gasteiger charge is 2.19. The fourth-order valence-electron chi connectivity index (χ4n) is 1.57. The van der Waals surface area contributed by atoms with Crippen molar-refractivity contribution >= 4 is 11.7 Å². The summed E-state index contributed by atoms with van der Waals surface area (Å²) >= 11 is 0. The van der Waals surface area contributed by atoms with Crippen LogP contribution in [0, 0.1) is 11.3 Å². The molecule has 1 unspecified atom stereocenters. The van der Waals surface area contributed by atoms with Gasteiger partial charge >= 0.3 is 6.03 Å². The number of urea groups is 1. The first-order valence-corrected chi connectivity index (χ1v) is 6.48. The maximum atomic E-state index is 11.9. The first-order valence-electron chi connectivity index (χ1n) is 6.48. The zero-order valence-electron chi connectivity index (χ0n) is 12.3. The molecule has 20 heavy (non-hydrogen) atoms. The molecule has 0 aliphatic heterocycles. The highest BCUT2D eigenvalue weighted by atomic mass is 16.3. The largest absolute Gasteiger partial charge is 0.394 e. The molecule has 2 amide bonds. The number of carbonyl (C=O) groups excluding carboxylic acids is 1. The standard InChI is InChI=1S/C15H21N3O2/c1-11(9-19)18(4)14(20)17-13-7-5-12(6-8-13)15(2,3)10-16/h5-8,11,19H,9H2,1-4H3,(H,17,20). The van der Waals surface area contributed by atoms with E-state index in [-0.39, 0.29) is 18.7 Å². The van der Waals surface area contributed by atoms with Crippen LogP contribution in [0.25, 0.3) is 0 Å². The third kappa shape index (κ3) is 3.72. The highest BCUT2D eigenvalue weighted by Crippen LogP contribution is 2.23. The van der Waals surface area contributed by atoms with Gasteiger partial charge in [0, 0.05) is 12.7 Å². The molecule has 0 saturated heterocycles. The molecule has 1 aromatic carbocycles. The number of rotatable bonds is 4. The van der Waals surface area contributed by atoms with Gasteiger partial charge in [-0.2, -0.15) is 5.26 Å². The molecule has 0 radical (unpaired) electrons. The minimum atomic E-state index is -0.551. The maximum absolute atomic E-state index is 11.9. The minimum absolute atomic E-state index is 0.0841. The molecule has 0 aromatic heterocycles. The number of nitrogens with zero attached hydrogens (tertiary/aromatic N) is 2. The van der Waals surface area contributed by atoms with Crippen LogP contribution in [0.15, 0.2) is 24.3 Å². The van der Waals surface area contributed by atoms with Crippen LogP contribution in [0.3, 0.4) is 0 Å². The Morgan fingerprint density at radius 1 is 1.45 bits per heavy atom. The summed E-state index contributed by atoms with van der Waals surface area (Å²) in [5, 5.41) is 20.8. The van der Waals surface area contributed by atoms with Gasteiger partial charge in [-0.25, -0.2) is 4.79 Å². The average Bonchev–Trinajstić information content (AvgIpc) is 2.46. The first-order chi connectivity index (χ1) is 9.31. The zero-order valence-corrected chi connectivity index (χ0v) is 12.3. The number of anilines is 1. The number of hydrogen-bond donors (Lipinski definition) is 2. The number of aliphatic hydroxyl groups is 1. The molecule has 5 heteroatoms. The number of amides is 2. The summed E-state index contributed by atoms with van der Waals surface area (Å²) in [6.07, 6.45) is 0. The Hall–Kier alpha value is -2.06. The molecular formula is C15H21N3O2. The molecule has 0 heterocycles. The molecule has 0 aliphatic carbocycles. The lowest BCUT2D eigenvalue weighted by atomic mass is 9.86. The quantitative estimate of drug-likeness (QED) is 0.885. The molecule has 1 atom stereocenters. The summed E-state index contributed by atoms with van der Waals surface area (Å²) in [5.41, 5.74) is 1.00. The number of nitriles is 1. The summed E-state index contributed by atoms with van der Waals surface area (Å²) in [7, 11) is 1.63. The van der Waals surface area contributed by atoms with Gasteiger partial charge in [0.1, 0.15) is 0 Å². The number of carbonyl (C=O) groups is 1. The molecule has 1 rings (SSSR count). The van der Waals surface area contributed by atoms with Crippen molar-refractivity contribution in [3.8, 4) is 6.07 Å². The SMILES string of the molecule is CC(CO)N(C)C(=O)Nc1ccc(C(C)(C)C#N)cc1. The normalized spacial score (nSPS) is 12.4. The summed E-state index contributed by atoms with van der Waals surface area (Å²) in [4.78, 5) is 13.3. The molecule has 108 valence electrons. The third-order valence-corrected chi connectivity index (χ3v) is 3.38. The predicted molar refractivity (Wildman–Crippen MR) is 78.4 cm³/mol. The summed E-state index contributed by atoms with van der Waals surface area (Å²) in [6.45, 7) is 5.37. The van der Waals surface area contributed by atoms with Crippen LogP contribution in [-0.2, 0) is 5.41 Å². The molecule has 0 aliphatic rings. The Bertz CT molecular complexity index is 503. The summed E-state index contributed by atoms with van der Waals surface area (Å²) in [6, 6.07) is 8.90. The maximum Gasteiger partial charge on any atom is 0.321 e. The number of hydrogen-bond acceptors (Lipinski definition) is 3. The van der Waals surface area contributed by atoms with Gasteiger partial charge in [-0.1, -0.05) is 12.1 Å². The fraction of sp³-hybridized carbons (Fsp3) is 0.467. The number of nitrogens with one attached hydrogen (secondary N) is 1. The molecule has 5 nitrogen and oxygen atoms in total. The van der Waals surface area contributed by atoms with Crippen molar-refractivity contribution in [1.29, 1.82) is 5.26 Å². The van der Waals surface area contributed by atoms with E-state index >= 15 is 0 Å². The Labute approximate surface area is 119 Å². The molecule has 0 bridgehead atoms. The van der Waals surface area contributed by atoms with Crippen LogP contribution in [-0.4, -0.2) is 35.7 Å². The van der Waals surface area contributed by atoms with E-state index in [4.69, 9.17) is 10.4 Å². The predicted octanol–water partition coefficient (Wildman–Crippen LogP) is 2.33. The third-order valence-electron chi connectivity index (χ3n) is 3.38. The average molecular weight is 275 g/mol. The van der Waals surface area contributed by atoms with Gasteiger partial charge < -0.3 is 15.3 Å². The van der Waals surface area contributed by atoms with Gasteiger partial charge in [-0.3, -0.25) is 0 Å². The zero-order chi connectivity index (χ0) is 15.3. The Kier molecular flexibility index (Phi) is 5.12. The number of benzene rings is 1. The van der Waals surface area contributed by atoms with Crippen LogP contribution in [0.2, 0.25) is 0 Å². The smallest absolute Gasteiger partial charge is 0.321 e. The second kappa shape index (κ2) is 6.40. The van der Waals surface area contributed by atoms with E-state index in [2.05, 4.69) is 11.4 Å². The van der Waals surface area contributed by atoms with Crippen molar-refractivity contribution in [1.82, 2.24) is 4.90 Å². The van der Waals surface area contributed by atoms with Crippen molar-refractivity contribution in [2.24, 2.45) is 0 Å². The van der Waals surface area contributed by atoms with Crippen molar-refractivity contribution in [3.05, 3.63) is 29.8 Å². The molecule has 0 saturated carbocycles. The van der Waals surface area contributed by atoms with E-state index < -0.39 is 5.41 Å². The van der Waals surface area contributed by atoms with Crippen molar-refractivity contribution < 1.29 is 9.90 Å². The van der Waals surface area contributed by atoms with Gasteiger partial charge in [0.2, 0.25) is 0 Å². The second-order valence-corrected chi connectivity index (χ2v) is 5.39. The Balaban J connectivity index is 2.76. The van der Waals surface area contributed by atoms with Gasteiger partial charge in [0.15, 0.2) is 0 Å². The molecule has 2 N–H and O–H groups in total. The Morgan fingerprint density at radius 3 is 2.45 bits per heavy atom. The van der Waals surface area contributed by atoms with Crippen LogP contribution in [0.4, 0.5) is 10.5 Å². The number of likely N-dealkylation sites (N-methyl/N-ethyl adjacent to an activating group) is 1. The van der Waals surface area contributed by atoms with Crippen LogP contribution >= 0.6 is 0 Å². The fourth-order valence-corrected chi connectivity index (χ4v) is 1.57. The van der Waals surface area contributed by atoms with Gasteiger partial charge in [0.05, 0.1) is 24.1 Å². The molecule has 0 spiro atoms. The van der Waals surface area contributed by atoms with Crippen LogP contribution in [0.1, 0.15) is 26.3 Å². The number of aliphatic hydroxyl groups excluding tert-OH is 1. The monoisotopic (exact) mass is 275 g/mol. The second-order valence-electron chi connectivity index (χ2n) is 5.39. The molecule has 0 fully saturated rings. The van der Waals surface area contributed by atoms with E-state index in [1.54, 1.807) is 26.1 Å². The highest BCUT2D eigenvalue weighted by molar-refractivity contribution is 5.89. The lowest BCUT2D eigenvalue weighted by Gasteiger charge is -2.23. The van der Waals surface area contributed by atoms with Crippen molar-refractivity contribution in [2.45, 2.75) is 32.2 Å². The van der Waals surface area contributed by atoms with E-state index in [1.807, 2.05) is 26.0 Å². The summed E-state index contributed by atoms with van der Waals surface area (Å²) < 4.78 is 0. The van der Waals surface area contributed by atoms with E-state index in [9.17, 15) is 4.79 Å². The van der Waals surface area contributed by atoms with Gasteiger partial charge in [0.25, 0.3) is 0 Å². The van der Waals surface area contributed by atoms with Gasteiger partial charge in [-0.05, 0) is 38.5 Å². The summed E-state index contributed by atoms with van der Waals surface area (Å²) in [5.74, 6) is 0. The first kappa shape index (κ1) is 16.0. The van der Waals surface area contributed by atoms with E-state index in [1.165, 1.54) is 4.90 Å². The Morgan fingerprint density at radius 2 is 2.00 bits per heavy atom. The van der Waals surface area contributed by atoms with Gasteiger partial charge in [-0.15, -0.1) is 0 Å². The molecular weight excluding hydrogens is 254 g/mol. The van der Waals surface area contributed by atoms with Crippen molar-refractivity contribution in [3.63, 3.8) is 0 Å². The van der Waals surface area contributed by atoms with E-state index in [0.717, 1.165) is 5.56 Å². The lowest BCUT2D eigenvalue weighted by Crippen LogP contribution is -2.40. The lowest BCUT2D eigenvalue weighted by molar-refractivity contribution is 0.166. The minimum Gasteiger partial charge on any atom is -0.394 e. The topological polar surface area (TPSA) is 76.4 Å². The van der Waals surface area contributed by atoms with Crippen molar-refractivity contribution in [2.75, 3.05) is 19.0 Å². The van der Waals surface area contributed by atoms with Crippen LogP contribution in [0.5, 0.6) is 0 Å².